The van der Waals surface area contributed by atoms with E-state index in [9.17, 15) is 39.3 Å². The van der Waals surface area contributed by atoms with Crippen molar-refractivity contribution in [3.05, 3.63) is 42.0 Å². The van der Waals surface area contributed by atoms with Crippen LogP contribution in [0.15, 0.2) is 36.4 Å². The number of nitrogens with one attached hydrogen (secondary N) is 1. The van der Waals surface area contributed by atoms with Crippen LogP contribution in [0.4, 0.5) is 0 Å². The van der Waals surface area contributed by atoms with Gasteiger partial charge in [0.15, 0.2) is 5.60 Å². The van der Waals surface area contributed by atoms with Crippen LogP contribution in [0, 0.1) is 5.92 Å². The molecular weight excluding hydrogens is 570 g/mol. The van der Waals surface area contributed by atoms with Crippen molar-refractivity contribution in [2.75, 3.05) is 14.2 Å². The fourth-order valence-corrected chi connectivity index (χ4v) is 4.79. The standard InChI is InChI=1S/C33H49NO10/c1-4-5-6-9-12-15-25(35)16-13-10-7-8-11-14-17-27(33(42,32(41)44-3)23-29(37)43-2)30(38)34-28(31(39)40)22-24-18-20-26(36)21-19-24/h14,17-21,27-28,36,42H,4-13,15-16,22-23H2,1-3H3,(H,34,38)(H,39,40)/b17-14+/t27-,28+,33+/m1/s1. The summed E-state index contributed by atoms with van der Waals surface area (Å²) in [5.41, 5.74) is -2.16. The van der Waals surface area contributed by atoms with Crippen molar-refractivity contribution in [3.8, 4) is 5.75 Å². The number of methoxy groups -OCH3 is 2. The van der Waals surface area contributed by atoms with E-state index in [1.54, 1.807) is 6.08 Å². The number of Topliss-reactive ketones (excluding diaryl/α,β-unsaturated/α-hetero) is 1. The van der Waals surface area contributed by atoms with Crippen LogP contribution in [0.5, 0.6) is 5.75 Å². The number of carboxylic acids is 1. The van der Waals surface area contributed by atoms with E-state index in [2.05, 4.69) is 17.0 Å². The Morgan fingerprint density at radius 1 is 0.886 bits per heavy atom. The summed E-state index contributed by atoms with van der Waals surface area (Å²) >= 11 is 0. The van der Waals surface area contributed by atoms with Crippen molar-refractivity contribution < 1.29 is 48.8 Å². The number of rotatable bonds is 23. The number of phenols is 1. The number of ketones is 1. The lowest BCUT2D eigenvalue weighted by Crippen LogP contribution is -2.55. The van der Waals surface area contributed by atoms with E-state index in [1.807, 2.05) is 0 Å². The van der Waals surface area contributed by atoms with E-state index in [4.69, 9.17) is 4.74 Å². The Bertz CT molecular complexity index is 1080. The number of unbranched alkanes of at least 4 members (excludes halogenated alkanes) is 8. The van der Waals surface area contributed by atoms with Gasteiger partial charge in [-0.05, 0) is 43.4 Å². The zero-order valence-electron chi connectivity index (χ0n) is 26.2. The molecule has 1 aromatic carbocycles. The molecule has 4 N–H and O–H groups in total. The number of hydrogen-bond donors (Lipinski definition) is 4. The Labute approximate surface area is 260 Å². The van der Waals surface area contributed by atoms with Crippen LogP contribution < -0.4 is 5.32 Å². The first kappa shape index (κ1) is 38.3. The van der Waals surface area contributed by atoms with Gasteiger partial charge >= 0.3 is 17.9 Å². The number of aliphatic hydroxyl groups is 1. The predicted molar refractivity (Wildman–Crippen MR) is 164 cm³/mol. The molecule has 1 amide bonds. The normalized spacial score (nSPS) is 13.9. The van der Waals surface area contributed by atoms with Crippen LogP contribution in [0.2, 0.25) is 0 Å². The second kappa shape index (κ2) is 21.1. The number of ether oxygens (including phenoxy) is 2. The van der Waals surface area contributed by atoms with Gasteiger partial charge in [-0.3, -0.25) is 14.4 Å². The number of hydrogen-bond acceptors (Lipinski definition) is 9. The molecule has 11 heteroatoms. The summed E-state index contributed by atoms with van der Waals surface area (Å²) in [6, 6.07) is 4.31. The number of benzene rings is 1. The van der Waals surface area contributed by atoms with Gasteiger partial charge in [0.05, 0.1) is 26.6 Å². The summed E-state index contributed by atoms with van der Waals surface area (Å²) in [5.74, 6) is -6.00. The van der Waals surface area contributed by atoms with Gasteiger partial charge in [0.1, 0.15) is 17.6 Å². The lowest BCUT2D eigenvalue weighted by Gasteiger charge is -2.31. The number of aromatic hydroxyl groups is 1. The van der Waals surface area contributed by atoms with Crippen molar-refractivity contribution in [2.24, 2.45) is 5.92 Å². The molecule has 0 bridgehead atoms. The zero-order chi connectivity index (χ0) is 33.0. The van der Waals surface area contributed by atoms with E-state index < -0.39 is 47.8 Å². The highest BCUT2D eigenvalue weighted by Crippen LogP contribution is 2.27. The minimum absolute atomic E-state index is 0.0116. The zero-order valence-corrected chi connectivity index (χ0v) is 26.2. The molecule has 0 saturated carbocycles. The summed E-state index contributed by atoms with van der Waals surface area (Å²) < 4.78 is 9.32. The maximum atomic E-state index is 13.4. The van der Waals surface area contributed by atoms with E-state index in [1.165, 1.54) is 49.6 Å². The van der Waals surface area contributed by atoms with Gasteiger partial charge in [-0.25, -0.2) is 9.59 Å². The number of amides is 1. The Kier molecular flexibility index (Phi) is 18.3. The van der Waals surface area contributed by atoms with Crippen LogP contribution in [0.1, 0.15) is 96.0 Å². The largest absolute Gasteiger partial charge is 0.508 e. The molecule has 1 rings (SSSR count). The average Bonchev–Trinajstić information content (AvgIpc) is 2.99. The summed E-state index contributed by atoms with van der Waals surface area (Å²) in [4.78, 5) is 62.3. The van der Waals surface area contributed by atoms with Gasteiger partial charge in [-0.1, -0.05) is 69.7 Å². The van der Waals surface area contributed by atoms with Gasteiger partial charge in [-0.2, -0.15) is 0 Å². The molecule has 0 aliphatic rings. The van der Waals surface area contributed by atoms with Crippen molar-refractivity contribution >= 4 is 29.6 Å². The monoisotopic (exact) mass is 619 g/mol. The van der Waals surface area contributed by atoms with Gasteiger partial charge in [-0.15, -0.1) is 0 Å². The Morgan fingerprint density at radius 3 is 2.02 bits per heavy atom. The van der Waals surface area contributed by atoms with Crippen molar-refractivity contribution in [2.45, 2.75) is 108 Å². The van der Waals surface area contributed by atoms with Gasteiger partial charge in [0.2, 0.25) is 5.91 Å². The lowest BCUT2D eigenvalue weighted by molar-refractivity contribution is -0.176. The second-order valence-electron chi connectivity index (χ2n) is 11.0. The third kappa shape index (κ3) is 14.2. The number of esters is 2. The smallest absolute Gasteiger partial charge is 0.339 e. The maximum Gasteiger partial charge on any atom is 0.339 e. The number of carbonyl (C=O) groups is 5. The highest BCUT2D eigenvalue weighted by molar-refractivity contribution is 5.95. The average molecular weight is 620 g/mol. The molecule has 0 spiro atoms. The molecule has 0 saturated heterocycles. The van der Waals surface area contributed by atoms with Gasteiger partial charge in [0, 0.05) is 19.3 Å². The summed E-state index contributed by atoms with van der Waals surface area (Å²) in [6.07, 6.45) is 12.2. The minimum Gasteiger partial charge on any atom is -0.508 e. The molecule has 0 radical (unpaired) electrons. The van der Waals surface area contributed by atoms with Crippen LogP contribution in [0.3, 0.4) is 0 Å². The van der Waals surface area contributed by atoms with E-state index >= 15 is 0 Å². The summed E-state index contributed by atoms with van der Waals surface area (Å²) in [7, 11) is 2.05. The Balaban J connectivity index is 2.88. The van der Waals surface area contributed by atoms with E-state index in [-0.39, 0.29) is 18.0 Å². The first-order chi connectivity index (χ1) is 21.0. The molecule has 44 heavy (non-hydrogen) atoms. The number of carboxylic acid groups (broad SMARTS) is 1. The van der Waals surface area contributed by atoms with Crippen molar-refractivity contribution in [3.63, 3.8) is 0 Å². The lowest BCUT2D eigenvalue weighted by atomic mass is 9.82. The molecule has 1 aromatic rings. The minimum atomic E-state index is -2.67. The van der Waals surface area contributed by atoms with E-state index in [0.29, 0.717) is 31.2 Å². The summed E-state index contributed by atoms with van der Waals surface area (Å²) in [5, 5.41) is 32.9. The molecule has 0 aliphatic carbocycles. The highest BCUT2D eigenvalue weighted by Gasteiger charge is 2.50. The molecule has 11 nitrogen and oxygen atoms in total. The first-order valence-corrected chi connectivity index (χ1v) is 15.4. The SMILES string of the molecule is CCCCCCCC(=O)CCCCCC/C=C/[C@H](C(=O)N[C@@H](Cc1ccc(O)cc1)C(=O)O)[C@@](O)(CC(=O)OC)C(=O)OC. The fourth-order valence-electron chi connectivity index (χ4n) is 4.79. The van der Waals surface area contributed by atoms with Crippen LogP contribution in [-0.4, -0.2) is 70.8 Å². The van der Waals surface area contributed by atoms with Crippen LogP contribution >= 0.6 is 0 Å². The highest BCUT2D eigenvalue weighted by atomic mass is 16.5. The van der Waals surface area contributed by atoms with Gasteiger partial charge < -0.3 is 30.1 Å². The van der Waals surface area contributed by atoms with Crippen molar-refractivity contribution in [1.29, 1.82) is 0 Å². The van der Waals surface area contributed by atoms with Crippen LogP contribution in [-0.2, 0) is 39.9 Å². The number of carbonyl (C=O) groups excluding carboxylic acids is 4. The third-order valence-corrected chi connectivity index (χ3v) is 7.43. The van der Waals surface area contributed by atoms with Gasteiger partial charge in [0.25, 0.3) is 0 Å². The number of allylic oxidation sites excluding steroid dienone is 1. The second-order valence-corrected chi connectivity index (χ2v) is 11.0. The van der Waals surface area contributed by atoms with E-state index in [0.717, 1.165) is 46.3 Å². The summed E-state index contributed by atoms with van der Waals surface area (Å²) in [6.45, 7) is 2.16. The molecular formula is C33H49NO10. The molecule has 0 aliphatic heterocycles. The molecule has 3 atom stereocenters. The fraction of sp³-hybridized carbons (Fsp3) is 0.606. The molecule has 0 fully saturated rings. The first-order valence-electron chi connectivity index (χ1n) is 15.4. The molecule has 0 heterocycles. The third-order valence-electron chi connectivity index (χ3n) is 7.43. The maximum absolute atomic E-state index is 13.4. The topological polar surface area (TPSA) is 177 Å². The van der Waals surface area contributed by atoms with Crippen LogP contribution in [0.25, 0.3) is 0 Å². The number of phenolic OH excluding ortho intramolecular Hbond substituents is 1. The Morgan fingerprint density at radius 2 is 1.48 bits per heavy atom. The molecule has 0 aromatic heterocycles. The Hall–Kier alpha value is -3.73. The molecule has 246 valence electrons. The number of aliphatic carboxylic acids is 1. The molecule has 0 unspecified atom stereocenters. The predicted octanol–water partition coefficient (Wildman–Crippen LogP) is 4.41. The van der Waals surface area contributed by atoms with Crippen molar-refractivity contribution in [1.82, 2.24) is 5.32 Å². The quantitative estimate of drug-likeness (QED) is 0.0779.